The molecule has 0 saturated heterocycles. The first-order valence-electron chi connectivity index (χ1n) is 5.04. The normalized spacial score (nSPS) is 13.6. The molecule has 0 saturated carbocycles. The maximum atomic E-state index is 12.9. The van der Waals surface area contributed by atoms with E-state index < -0.39 is 49.4 Å². The molecule has 1 aromatic rings. The van der Waals surface area contributed by atoms with Crippen molar-refractivity contribution in [2.45, 2.75) is 30.6 Å². The fraction of sp³-hybridized carbons (Fsp3) is 0.400. The number of hydrogen-bond acceptors (Lipinski definition) is 2. The zero-order valence-corrected chi connectivity index (χ0v) is 11.3. The van der Waals surface area contributed by atoms with E-state index in [-0.39, 0.29) is 12.1 Å². The smallest absolute Gasteiger partial charge is 0.207 e. The molecule has 0 bridgehead atoms. The van der Waals surface area contributed by atoms with Gasteiger partial charge in [-0.05, 0) is 24.1 Å². The van der Waals surface area contributed by atoms with E-state index in [1.165, 1.54) is 6.92 Å². The van der Waals surface area contributed by atoms with E-state index in [1.54, 1.807) is 0 Å². The Labute approximate surface area is 114 Å². The molecule has 10 heteroatoms. The van der Waals surface area contributed by atoms with Gasteiger partial charge in [-0.2, -0.15) is 26.3 Å². The molecule has 0 amide bonds. The Morgan fingerprint density at radius 2 is 1.55 bits per heavy atom. The predicted octanol–water partition coefficient (Wildman–Crippen LogP) is 4.21. The fourth-order valence-corrected chi connectivity index (χ4v) is 2.75. The van der Waals surface area contributed by atoms with Gasteiger partial charge in [-0.1, -0.05) is 6.92 Å². The second-order valence-corrected chi connectivity index (χ2v) is 6.33. The average molecular weight is 341 g/mol. The molecule has 0 fully saturated rings. The van der Waals surface area contributed by atoms with Crippen LogP contribution >= 0.6 is 10.7 Å². The van der Waals surface area contributed by atoms with Crippen molar-refractivity contribution in [1.82, 2.24) is 0 Å². The molecule has 0 unspecified atom stereocenters. The van der Waals surface area contributed by atoms with Gasteiger partial charge >= 0.3 is 12.4 Å². The third kappa shape index (κ3) is 3.57. The summed E-state index contributed by atoms with van der Waals surface area (Å²) in [6.45, 7) is 1.18. The summed E-state index contributed by atoms with van der Waals surface area (Å²) < 4.78 is 98.6. The molecular formula is C10H7ClF6O2S. The Morgan fingerprint density at radius 1 is 1.05 bits per heavy atom. The monoisotopic (exact) mass is 340 g/mol. The van der Waals surface area contributed by atoms with E-state index in [9.17, 15) is 34.8 Å². The van der Waals surface area contributed by atoms with Crippen LogP contribution in [0.5, 0.6) is 0 Å². The lowest BCUT2D eigenvalue weighted by Crippen LogP contribution is -2.17. The van der Waals surface area contributed by atoms with Crippen LogP contribution in [-0.4, -0.2) is 8.42 Å². The van der Waals surface area contributed by atoms with E-state index in [1.807, 2.05) is 0 Å². The second kappa shape index (κ2) is 5.10. The van der Waals surface area contributed by atoms with Crippen LogP contribution in [0, 0.1) is 0 Å². The SMILES string of the molecule is CCc1cc(C(F)(F)F)cc(S(=O)(=O)Cl)c1C(F)(F)F. The first-order chi connectivity index (χ1) is 8.78. The third-order valence-corrected chi connectivity index (χ3v) is 3.78. The molecule has 0 atom stereocenters. The van der Waals surface area contributed by atoms with Gasteiger partial charge in [-0.3, -0.25) is 0 Å². The zero-order chi connectivity index (χ0) is 15.9. The lowest BCUT2D eigenvalue weighted by atomic mass is 10.0. The maximum absolute atomic E-state index is 12.9. The van der Waals surface area contributed by atoms with Crippen LogP contribution in [0.15, 0.2) is 17.0 Å². The van der Waals surface area contributed by atoms with E-state index in [0.717, 1.165) is 0 Å². The van der Waals surface area contributed by atoms with Gasteiger partial charge in [-0.15, -0.1) is 0 Å². The number of alkyl halides is 6. The van der Waals surface area contributed by atoms with Crippen LogP contribution in [0.2, 0.25) is 0 Å². The Morgan fingerprint density at radius 3 is 1.85 bits per heavy atom. The Bertz CT molecular complexity index is 618. The number of aryl methyl sites for hydroxylation is 1. The van der Waals surface area contributed by atoms with E-state index in [0.29, 0.717) is 0 Å². The molecule has 0 N–H and O–H groups in total. The molecule has 114 valence electrons. The van der Waals surface area contributed by atoms with Crippen molar-refractivity contribution in [3.63, 3.8) is 0 Å². The van der Waals surface area contributed by atoms with E-state index >= 15 is 0 Å². The van der Waals surface area contributed by atoms with Gasteiger partial charge in [0.05, 0.1) is 16.0 Å². The van der Waals surface area contributed by atoms with Gasteiger partial charge in [-0.25, -0.2) is 8.42 Å². The third-order valence-electron chi connectivity index (χ3n) is 2.44. The molecule has 2 nitrogen and oxygen atoms in total. The first-order valence-corrected chi connectivity index (χ1v) is 7.35. The topological polar surface area (TPSA) is 34.1 Å². The van der Waals surface area contributed by atoms with Crippen LogP contribution in [0.3, 0.4) is 0 Å². The van der Waals surface area contributed by atoms with Gasteiger partial charge < -0.3 is 0 Å². The standard InChI is InChI=1S/C10H7ClF6O2S/c1-2-5-3-6(9(12,13)14)4-7(20(11,18)19)8(5)10(15,16)17/h3-4H,2H2,1H3. The molecule has 1 aromatic carbocycles. The van der Waals surface area contributed by atoms with Gasteiger partial charge in [0.2, 0.25) is 0 Å². The minimum Gasteiger partial charge on any atom is -0.207 e. The highest BCUT2D eigenvalue weighted by atomic mass is 35.7. The molecule has 0 aliphatic carbocycles. The molecule has 20 heavy (non-hydrogen) atoms. The van der Waals surface area contributed by atoms with Crippen LogP contribution < -0.4 is 0 Å². The number of hydrogen-bond donors (Lipinski definition) is 0. The van der Waals surface area contributed by atoms with Crippen molar-refractivity contribution >= 4 is 19.7 Å². The lowest BCUT2D eigenvalue weighted by Gasteiger charge is -2.18. The van der Waals surface area contributed by atoms with Crippen LogP contribution in [0.1, 0.15) is 23.6 Å². The highest BCUT2D eigenvalue weighted by Crippen LogP contribution is 2.41. The fourth-order valence-electron chi connectivity index (χ4n) is 1.63. The van der Waals surface area contributed by atoms with Crippen molar-refractivity contribution in [2.75, 3.05) is 0 Å². The lowest BCUT2D eigenvalue weighted by molar-refractivity contribution is -0.143. The summed E-state index contributed by atoms with van der Waals surface area (Å²) in [5.74, 6) is 0. The highest BCUT2D eigenvalue weighted by molar-refractivity contribution is 8.13. The van der Waals surface area contributed by atoms with Crippen molar-refractivity contribution < 1.29 is 34.8 Å². The summed E-state index contributed by atoms with van der Waals surface area (Å²) in [5, 5.41) is 0. The molecule has 0 heterocycles. The number of rotatable bonds is 2. The van der Waals surface area contributed by atoms with E-state index in [2.05, 4.69) is 0 Å². The van der Waals surface area contributed by atoms with Crippen molar-refractivity contribution in [3.8, 4) is 0 Å². The maximum Gasteiger partial charge on any atom is 0.417 e. The zero-order valence-electron chi connectivity index (χ0n) is 9.73. The van der Waals surface area contributed by atoms with Crippen LogP contribution in [0.25, 0.3) is 0 Å². The summed E-state index contributed by atoms with van der Waals surface area (Å²) in [7, 11) is -0.154. The summed E-state index contributed by atoms with van der Waals surface area (Å²) in [6.07, 6.45) is -10.5. The molecule has 0 aliphatic rings. The van der Waals surface area contributed by atoms with Crippen LogP contribution in [0.4, 0.5) is 26.3 Å². The van der Waals surface area contributed by atoms with E-state index in [4.69, 9.17) is 10.7 Å². The Hall–Kier alpha value is -0.960. The molecule has 0 spiro atoms. The molecule has 1 rings (SSSR count). The van der Waals surface area contributed by atoms with Crippen molar-refractivity contribution in [1.29, 1.82) is 0 Å². The minimum atomic E-state index is -5.13. The summed E-state index contributed by atoms with van der Waals surface area (Å²) >= 11 is 0. The molecular weight excluding hydrogens is 334 g/mol. The highest BCUT2D eigenvalue weighted by Gasteiger charge is 2.42. The van der Waals surface area contributed by atoms with Gasteiger partial charge in [0.15, 0.2) is 0 Å². The first kappa shape index (κ1) is 17.1. The minimum absolute atomic E-state index is 0.107. The van der Waals surface area contributed by atoms with Crippen molar-refractivity contribution in [3.05, 3.63) is 28.8 Å². The second-order valence-electron chi connectivity index (χ2n) is 3.80. The van der Waals surface area contributed by atoms with Crippen molar-refractivity contribution in [2.24, 2.45) is 0 Å². The predicted molar refractivity (Wildman–Crippen MR) is 58.9 cm³/mol. The molecule has 0 aliphatic heterocycles. The number of benzene rings is 1. The van der Waals surface area contributed by atoms with Crippen LogP contribution in [-0.2, 0) is 27.8 Å². The summed E-state index contributed by atoms with van der Waals surface area (Å²) in [5.41, 5.74) is -3.95. The quantitative estimate of drug-likeness (QED) is 0.597. The summed E-state index contributed by atoms with van der Waals surface area (Å²) in [6, 6.07) is 0.165. The summed E-state index contributed by atoms with van der Waals surface area (Å²) in [4.78, 5) is -1.58. The largest absolute Gasteiger partial charge is 0.417 e. The average Bonchev–Trinajstić information content (AvgIpc) is 2.23. The van der Waals surface area contributed by atoms with Gasteiger partial charge in [0.25, 0.3) is 9.05 Å². The Balaban J connectivity index is 3.85. The van der Waals surface area contributed by atoms with Gasteiger partial charge in [0, 0.05) is 10.7 Å². The Kier molecular flexibility index (Phi) is 4.36. The number of halogens is 7. The molecule has 0 aromatic heterocycles. The molecule has 0 radical (unpaired) electrons. The van der Waals surface area contributed by atoms with Gasteiger partial charge in [0.1, 0.15) is 0 Å².